The molecule has 5 heteroatoms. The number of rotatable bonds is 8. The average molecular weight is 537 g/mol. The quantitative estimate of drug-likeness (QED) is 0.158. The summed E-state index contributed by atoms with van der Waals surface area (Å²) in [6.45, 7) is 18.7. The summed E-state index contributed by atoms with van der Waals surface area (Å²) >= 11 is 0. The standard InChI is InChI=1S/C18H26O2.C8H14O2.C8H8O/c1-3-19-15(2)20-14-13-16-9-11-18(12-10-16)17-7-5-4-6-8-17;1-6(2)7(9)10-8(3,4)5;1-2-7-3-5-8(9)6-4-7/h9-15,17H,3-8H2,1-2H3;1H2,2-5H3;2-6,9H,1H2. The molecule has 214 valence electrons. The van der Waals surface area contributed by atoms with Gasteiger partial charge in [0.25, 0.3) is 0 Å². The number of carbonyl (C=O) groups is 1. The van der Waals surface area contributed by atoms with Gasteiger partial charge in [-0.1, -0.05) is 74.9 Å². The van der Waals surface area contributed by atoms with Crippen molar-refractivity contribution in [2.24, 2.45) is 0 Å². The zero-order chi connectivity index (χ0) is 29.3. The summed E-state index contributed by atoms with van der Waals surface area (Å²) in [6.07, 6.45) is 12.1. The lowest BCUT2D eigenvalue weighted by Crippen LogP contribution is -2.23. The lowest BCUT2D eigenvalue weighted by Gasteiger charge is -2.21. The molecule has 1 N–H and O–H groups in total. The van der Waals surface area contributed by atoms with Crippen molar-refractivity contribution in [1.29, 1.82) is 0 Å². The van der Waals surface area contributed by atoms with Crippen molar-refractivity contribution in [3.05, 3.63) is 90.2 Å². The Labute approximate surface area is 236 Å². The van der Waals surface area contributed by atoms with Gasteiger partial charge in [-0.15, -0.1) is 0 Å². The first-order valence-electron chi connectivity index (χ1n) is 13.8. The molecule has 1 unspecified atom stereocenters. The normalized spacial score (nSPS) is 14.2. The van der Waals surface area contributed by atoms with Crippen LogP contribution in [0.15, 0.2) is 73.5 Å². The molecular weight excluding hydrogens is 488 g/mol. The number of hydrogen-bond donors (Lipinski definition) is 1. The molecule has 1 fully saturated rings. The molecule has 1 atom stereocenters. The second kappa shape index (κ2) is 18.1. The highest BCUT2D eigenvalue weighted by Crippen LogP contribution is 2.32. The Morgan fingerprint density at radius 3 is 2.05 bits per heavy atom. The minimum Gasteiger partial charge on any atom is -0.508 e. The van der Waals surface area contributed by atoms with Crippen LogP contribution in [-0.2, 0) is 19.0 Å². The maximum absolute atomic E-state index is 10.8. The second-order valence-corrected chi connectivity index (χ2v) is 10.5. The fourth-order valence-electron chi connectivity index (χ4n) is 3.79. The van der Waals surface area contributed by atoms with Crippen molar-refractivity contribution in [2.45, 2.75) is 91.5 Å². The Bertz CT molecular complexity index is 1010. The van der Waals surface area contributed by atoms with E-state index in [-0.39, 0.29) is 12.3 Å². The smallest absolute Gasteiger partial charge is 0.333 e. The Kier molecular flexibility index (Phi) is 15.6. The maximum atomic E-state index is 10.8. The highest BCUT2D eigenvalue weighted by Gasteiger charge is 2.16. The summed E-state index contributed by atoms with van der Waals surface area (Å²) in [6, 6.07) is 15.8. The van der Waals surface area contributed by atoms with Crippen molar-refractivity contribution < 1.29 is 24.1 Å². The number of benzene rings is 2. The van der Waals surface area contributed by atoms with Crippen LogP contribution in [0.4, 0.5) is 0 Å². The zero-order valence-electron chi connectivity index (χ0n) is 24.7. The topological polar surface area (TPSA) is 65.0 Å². The number of phenolic OH excluding ortho intramolecular Hbond substituents is 1. The van der Waals surface area contributed by atoms with Gasteiger partial charge in [-0.2, -0.15) is 0 Å². The third-order valence-electron chi connectivity index (χ3n) is 5.82. The molecule has 3 rings (SSSR count). The van der Waals surface area contributed by atoms with E-state index in [1.807, 2.05) is 52.8 Å². The van der Waals surface area contributed by atoms with E-state index in [2.05, 4.69) is 37.4 Å². The van der Waals surface area contributed by atoms with Crippen LogP contribution in [-0.4, -0.2) is 29.6 Å². The highest BCUT2D eigenvalue weighted by molar-refractivity contribution is 5.87. The minimum atomic E-state index is -0.407. The lowest BCUT2D eigenvalue weighted by molar-refractivity contribution is -0.149. The molecular formula is C34H48O5. The molecule has 0 radical (unpaired) electrons. The Morgan fingerprint density at radius 2 is 1.59 bits per heavy atom. The molecule has 0 bridgehead atoms. The van der Waals surface area contributed by atoms with E-state index in [0.717, 1.165) is 11.5 Å². The molecule has 1 saturated carbocycles. The Morgan fingerprint density at radius 1 is 1.03 bits per heavy atom. The van der Waals surface area contributed by atoms with Gasteiger partial charge < -0.3 is 19.3 Å². The fraction of sp³-hybridized carbons (Fsp3) is 0.441. The number of carbonyl (C=O) groups excluding carboxylic acids is 1. The number of ether oxygens (including phenoxy) is 3. The molecule has 0 aliphatic heterocycles. The number of hydrogen-bond acceptors (Lipinski definition) is 5. The highest BCUT2D eigenvalue weighted by atomic mass is 16.7. The van der Waals surface area contributed by atoms with Gasteiger partial charge >= 0.3 is 5.97 Å². The van der Waals surface area contributed by atoms with Crippen LogP contribution >= 0.6 is 0 Å². The predicted octanol–water partition coefficient (Wildman–Crippen LogP) is 9.04. The van der Waals surface area contributed by atoms with Gasteiger partial charge in [0.2, 0.25) is 0 Å². The van der Waals surface area contributed by atoms with E-state index in [9.17, 15) is 4.79 Å². The van der Waals surface area contributed by atoms with Crippen molar-refractivity contribution in [1.82, 2.24) is 0 Å². The van der Waals surface area contributed by atoms with Crippen molar-refractivity contribution in [3.8, 4) is 5.75 Å². The summed E-state index contributed by atoms with van der Waals surface area (Å²) in [5.41, 5.74) is 3.72. The first kappa shape index (κ1) is 33.7. The van der Waals surface area contributed by atoms with Gasteiger partial charge in [0, 0.05) is 12.2 Å². The van der Waals surface area contributed by atoms with Crippen molar-refractivity contribution in [3.63, 3.8) is 0 Å². The fourth-order valence-corrected chi connectivity index (χ4v) is 3.79. The lowest BCUT2D eigenvalue weighted by atomic mass is 9.84. The third-order valence-corrected chi connectivity index (χ3v) is 5.82. The van der Waals surface area contributed by atoms with Gasteiger partial charge in [0.1, 0.15) is 11.4 Å². The monoisotopic (exact) mass is 536 g/mol. The van der Waals surface area contributed by atoms with E-state index < -0.39 is 5.60 Å². The molecule has 0 aromatic heterocycles. The maximum Gasteiger partial charge on any atom is 0.333 e. The molecule has 1 aliphatic rings. The summed E-state index contributed by atoms with van der Waals surface area (Å²) in [5.74, 6) is 0.740. The average Bonchev–Trinajstić information content (AvgIpc) is 2.90. The molecule has 2 aromatic carbocycles. The van der Waals surface area contributed by atoms with E-state index in [0.29, 0.717) is 17.9 Å². The number of aromatic hydroxyl groups is 1. The molecule has 0 spiro atoms. The van der Waals surface area contributed by atoms with Crippen LogP contribution in [0.3, 0.4) is 0 Å². The zero-order valence-corrected chi connectivity index (χ0v) is 24.7. The number of esters is 1. The van der Waals surface area contributed by atoms with Gasteiger partial charge in [0.15, 0.2) is 6.29 Å². The SMILES string of the molecule is C=C(C)C(=O)OC(C)(C)C.C=Cc1ccc(O)cc1.CCOC(C)OC=Cc1ccc(C2CCCCC2)cc1. The van der Waals surface area contributed by atoms with Gasteiger partial charge in [0.05, 0.1) is 6.26 Å². The number of phenols is 1. The van der Waals surface area contributed by atoms with Crippen LogP contribution in [0.2, 0.25) is 0 Å². The second-order valence-electron chi connectivity index (χ2n) is 10.5. The summed E-state index contributed by atoms with van der Waals surface area (Å²) in [5, 5.41) is 8.82. The van der Waals surface area contributed by atoms with Crippen LogP contribution in [0.25, 0.3) is 12.2 Å². The first-order chi connectivity index (χ1) is 18.4. The van der Waals surface area contributed by atoms with Crippen LogP contribution in [0.5, 0.6) is 5.75 Å². The van der Waals surface area contributed by atoms with E-state index in [4.69, 9.17) is 19.3 Å². The largest absolute Gasteiger partial charge is 0.508 e. The van der Waals surface area contributed by atoms with Crippen molar-refractivity contribution >= 4 is 18.1 Å². The van der Waals surface area contributed by atoms with Gasteiger partial charge in [-0.25, -0.2) is 4.79 Å². The van der Waals surface area contributed by atoms with Crippen LogP contribution in [0.1, 0.15) is 96.3 Å². The summed E-state index contributed by atoms with van der Waals surface area (Å²) in [4.78, 5) is 10.8. The van der Waals surface area contributed by atoms with Crippen LogP contribution in [0, 0.1) is 0 Å². The Hall–Kier alpha value is -3.31. The molecule has 1 aliphatic carbocycles. The van der Waals surface area contributed by atoms with Gasteiger partial charge in [-0.3, -0.25) is 0 Å². The van der Waals surface area contributed by atoms with Crippen molar-refractivity contribution in [2.75, 3.05) is 6.61 Å². The molecule has 0 saturated heterocycles. The summed E-state index contributed by atoms with van der Waals surface area (Å²) in [7, 11) is 0. The third kappa shape index (κ3) is 15.6. The van der Waals surface area contributed by atoms with E-state index >= 15 is 0 Å². The van der Waals surface area contributed by atoms with E-state index in [1.165, 1.54) is 43.2 Å². The van der Waals surface area contributed by atoms with Crippen LogP contribution < -0.4 is 0 Å². The predicted molar refractivity (Wildman–Crippen MR) is 162 cm³/mol. The molecule has 0 heterocycles. The molecule has 2 aromatic rings. The Balaban J connectivity index is 0.000000335. The van der Waals surface area contributed by atoms with Gasteiger partial charge in [-0.05, 0) is 95.2 Å². The minimum absolute atomic E-state index is 0.183. The molecule has 39 heavy (non-hydrogen) atoms. The summed E-state index contributed by atoms with van der Waals surface area (Å²) < 4.78 is 15.7. The first-order valence-corrected chi connectivity index (χ1v) is 13.8. The molecule has 0 amide bonds. The van der Waals surface area contributed by atoms with E-state index in [1.54, 1.807) is 31.4 Å². The molecule has 5 nitrogen and oxygen atoms in total.